The van der Waals surface area contributed by atoms with Crippen molar-refractivity contribution >= 4 is 6.29 Å². The first-order valence-electron chi connectivity index (χ1n) is 4.28. The molecule has 0 N–H and O–H groups in total. The summed E-state index contributed by atoms with van der Waals surface area (Å²) in [6.07, 6.45) is -0.413. The number of hydrogen-bond acceptors (Lipinski definition) is 3. The fraction of sp³-hybridized carbons (Fsp3) is 0.300. The fourth-order valence-electron chi connectivity index (χ4n) is 1.24. The minimum absolute atomic E-state index is 0.00651. The van der Waals surface area contributed by atoms with Gasteiger partial charge in [0, 0.05) is 5.56 Å². The summed E-state index contributed by atoms with van der Waals surface area (Å²) >= 11 is 0. The highest BCUT2D eigenvalue weighted by atomic mass is 19.1. The van der Waals surface area contributed by atoms with Gasteiger partial charge in [-0.15, -0.1) is 0 Å². The van der Waals surface area contributed by atoms with Crippen LogP contribution in [-0.2, 0) is 0 Å². The van der Waals surface area contributed by atoms with Crippen molar-refractivity contribution in [2.45, 2.75) is 6.17 Å². The van der Waals surface area contributed by atoms with Crippen molar-refractivity contribution in [1.29, 1.82) is 0 Å². The molecule has 1 aliphatic rings. The molecule has 0 aromatic heterocycles. The van der Waals surface area contributed by atoms with E-state index in [1.54, 1.807) is 18.2 Å². The van der Waals surface area contributed by atoms with Crippen LogP contribution in [-0.4, -0.2) is 25.7 Å². The van der Waals surface area contributed by atoms with Gasteiger partial charge in [-0.05, 0) is 18.2 Å². The molecule has 1 heterocycles. The smallest absolute Gasteiger partial charge is 0.168 e. The van der Waals surface area contributed by atoms with Crippen molar-refractivity contribution in [1.82, 2.24) is 0 Å². The van der Waals surface area contributed by atoms with Gasteiger partial charge in [0.15, 0.2) is 17.7 Å². The van der Waals surface area contributed by atoms with Gasteiger partial charge in [-0.1, -0.05) is 0 Å². The molecule has 4 heteroatoms. The Balaban J connectivity index is 2.31. The molecular weight excluding hydrogens is 187 g/mol. The van der Waals surface area contributed by atoms with Crippen LogP contribution in [0.2, 0.25) is 0 Å². The molecule has 0 saturated heterocycles. The molecule has 0 amide bonds. The van der Waals surface area contributed by atoms with Crippen molar-refractivity contribution in [3.63, 3.8) is 0 Å². The second-order valence-corrected chi connectivity index (χ2v) is 3.04. The predicted molar refractivity (Wildman–Crippen MR) is 47.7 cm³/mol. The lowest BCUT2D eigenvalue weighted by atomic mass is 10.2. The minimum Gasteiger partial charge on any atom is -0.487 e. The number of carbonyl (C=O) groups excluding carboxylic acids is 1. The van der Waals surface area contributed by atoms with Crippen LogP contribution >= 0.6 is 0 Å². The van der Waals surface area contributed by atoms with E-state index in [4.69, 9.17) is 9.47 Å². The Hall–Kier alpha value is -1.58. The molecule has 1 atom stereocenters. The molecule has 1 aromatic carbocycles. The van der Waals surface area contributed by atoms with Gasteiger partial charge in [0.25, 0.3) is 0 Å². The van der Waals surface area contributed by atoms with E-state index in [0.717, 1.165) is 0 Å². The third kappa shape index (κ3) is 1.69. The summed E-state index contributed by atoms with van der Waals surface area (Å²) in [6.45, 7) is -0.0389. The van der Waals surface area contributed by atoms with Crippen molar-refractivity contribution in [2.24, 2.45) is 0 Å². The van der Waals surface area contributed by atoms with Crippen LogP contribution < -0.4 is 9.47 Å². The highest BCUT2D eigenvalue weighted by Crippen LogP contribution is 2.30. The van der Waals surface area contributed by atoms with Crippen LogP contribution in [0.3, 0.4) is 0 Å². The Morgan fingerprint density at radius 3 is 2.71 bits per heavy atom. The number of hydrogen-bond donors (Lipinski definition) is 0. The zero-order chi connectivity index (χ0) is 9.97. The molecule has 0 radical (unpaired) electrons. The monoisotopic (exact) mass is 196 g/mol. The average molecular weight is 196 g/mol. The topological polar surface area (TPSA) is 35.5 Å². The zero-order valence-corrected chi connectivity index (χ0v) is 7.40. The Morgan fingerprint density at radius 1 is 1.29 bits per heavy atom. The number of alkyl halides is 1. The third-order valence-corrected chi connectivity index (χ3v) is 1.94. The highest BCUT2D eigenvalue weighted by Gasteiger charge is 2.17. The average Bonchev–Trinajstić information content (AvgIpc) is 2.40. The number of halogens is 1. The highest BCUT2D eigenvalue weighted by molar-refractivity contribution is 5.76. The lowest BCUT2D eigenvalue weighted by molar-refractivity contribution is 0.112. The summed E-state index contributed by atoms with van der Waals surface area (Å²) in [5, 5.41) is 0. The second kappa shape index (κ2) is 3.65. The van der Waals surface area contributed by atoms with Gasteiger partial charge in [0.1, 0.15) is 19.5 Å². The first-order valence-corrected chi connectivity index (χ1v) is 4.28. The maximum atomic E-state index is 12.9. The van der Waals surface area contributed by atoms with Crippen LogP contribution in [0, 0.1) is 0 Å². The van der Waals surface area contributed by atoms with Crippen LogP contribution in [0.5, 0.6) is 11.5 Å². The molecule has 14 heavy (non-hydrogen) atoms. The largest absolute Gasteiger partial charge is 0.487 e. The van der Waals surface area contributed by atoms with E-state index in [1.165, 1.54) is 0 Å². The van der Waals surface area contributed by atoms with E-state index in [-0.39, 0.29) is 13.2 Å². The molecule has 0 spiro atoms. The first kappa shape index (κ1) is 8.99. The number of benzene rings is 1. The number of rotatable bonds is 1. The number of aldehydes is 1. The van der Waals surface area contributed by atoms with Crippen LogP contribution in [0.1, 0.15) is 10.4 Å². The predicted octanol–water partition coefficient (Wildman–Crippen LogP) is 1.61. The van der Waals surface area contributed by atoms with Crippen LogP contribution in [0.15, 0.2) is 18.2 Å². The Morgan fingerprint density at radius 2 is 2.00 bits per heavy atom. The first-order chi connectivity index (χ1) is 6.79. The van der Waals surface area contributed by atoms with E-state index in [0.29, 0.717) is 23.3 Å². The summed E-state index contributed by atoms with van der Waals surface area (Å²) in [5.41, 5.74) is 0.490. The summed E-state index contributed by atoms with van der Waals surface area (Å²) in [6, 6.07) is 4.76. The van der Waals surface area contributed by atoms with Gasteiger partial charge in [-0.2, -0.15) is 0 Å². The number of fused-ring (bicyclic) bond motifs is 1. The van der Waals surface area contributed by atoms with Crippen LogP contribution in [0.4, 0.5) is 4.39 Å². The van der Waals surface area contributed by atoms with Crippen molar-refractivity contribution in [3.8, 4) is 11.5 Å². The normalized spacial score (nSPS) is 19.9. The van der Waals surface area contributed by atoms with E-state index < -0.39 is 6.17 Å². The molecular formula is C10H9FO3. The molecule has 74 valence electrons. The van der Waals surface area contributed by atoms with E-state index in [1.807, 2.05) is 0 Å². The van der Waals surface area contributed by atoms with E-state index in [2.05, 4.69) is 0 Å². The lowest BCUT2D eigenvalue weighted by Crippen LogP contribution is -2.17. The lowest BCUT2D eigenvalue weighted by Gasteiger charge is -2.05. The molecule has 0 aliphatic carbocycles. The Labute approximate surface area is 80.4 Å². The minimum atomic E-state index is -1.12. The zero-order valence-electron chi connectivity index (χ0n) is 7.40. The van der Waals surface area contributed by atoms with Gasteiger partial charge in [0.2, 0.25) is 0 Å². The number of carbonyl (C=O) groups is 1. The second-order valence-electron chi connectivity index (χ2n) is 3.04. The standard InChI is InChI=1S/C10H9FO3/c11-8-5-13-9-2-1-7(4-12)3-10(9)14-6-8/h1-4,8H,5-6H2/t8-/m0/s1. The Kier molecular flexibility index (Phi) is 2.35. The third-order valence-electron chi connectivity index (χ3n) is 1.94. The van der Waals surface area contributed by atoms with Gasteiger partial charge >= 0.3 is 0 Å². The Bertz CT molecular complexity index is 351. The molecule has 0 bridgehead atoms. The quantitative estimate of drug-likeness (QED) is 0.640. The molecule has 0 fully saturated rings. The maximum absolute atomic E-state index is 12.9. The molecule has 0 saturated carbocycles. The van der Waals surface area contributed by atoms with Gasteiger partial charge in [-0.25, -0.2) is 4.39 Å². The molecule has 0 unspecified atom stereocenters. The van der Waals surface area contributed by atoms with Crippen LogP contribution in [0.25, 0.3) is 0 Å². The fourth-order valence-corrected chi connectivity index (χ4v) is 1.24. The summed E-state index contributed by atoms with van der Waals surface area (Å²) in [5.74, 6) is 0.908. The van der Waals surface area contributed by atoms with Crippen molar-refractivity contribution in [3.05, 3.63) is 23.8 Å². The molecule has 2 rings (SSSR count). The maximum Gasteiger partial charge on any atom is 0.168 e. The van der Waals surface area contributed by atoms with Crippen molar-refractivity contribution < 1.29 is 18.7 Å². The van der Waals surface area contributed by atoms with E-state index >= 15 is 0 Å². The summed E-state index contributed by atoms with van der Waals surface area (Å²) in [7, 11) is 0. The summed E-state index contributed by atoms with van der Waals surface area (Å²) < 4.78 is 23.2. The molecule has 3 nitrogen and oxygen atoms in total. The molecule has 1 aromatic rings. The van der Waals surface area contributed by atoms with Crippen molar-refractivity contribution in [2.75, 3.05) is 13.2 Å². The number of ether oxygens (including phenoxy) is 2. The van der Waals surface area contributed by atoms with E-state index in [9.17, 15) is 9.18 Å². The SMILES string of the molecule is O=Cc1ccc2c(c1)OC[C@@H](F)CO2. The molecule has 1 aliphatic heterocycles. The van der Waals surface area contributed by atoms with Gasteiger partial charge in [0.05, 0.1) is 0 Å². The van der Waals surface area contributed by atoms with Gasteiger partial charge in [-0.3, -0.25) is 4.79 Å². The van der Waals surface area contributed by atoms with Gasteiger partial charge < -0.3 is 9.47 Å². The summed E-state index contributed by atoms with van der Waals surface area (Å²) in [4.78, 5) is 10.5.